The van der Waals surface area contributed by atoms with Gasteiger partial charge in [0.1, 0.15) is 5.75 Å². The van der Waals surface area contributed by atoms with Gasteiger partial charge in [-0.1, -0.05) is 26.0 Å². The van der Waals surface area contributed by atoms with Gasteiger partial charge in [0, 0.05) is 0 Å². The van der Waals surface area contributed by atoms with Crippen LogP contribution in [-0.4, -0.2) is 6.61 Å². The van der Waals surface area contributed by atoms with Crippen molar-refractivity contribution in [2.75, 3.05) is 6.61 Å². The zero-order valence-electron chi connectivity index (χ0n) is 13.3. The Morgan fingerprint density at radius 2 is 1.89 bits per heavy atom. The molecule has 19 heavy (non-hydrogen) atoms. The van der Waals surface area contributed by atoms with E-state index >= 15 is 0 Å². The van der Waals surface area contributed by atoms with E-state index in [9.17, 15) is 0 Å². The maximum atomic E-state index is 5.84. The van der Waals surface area contributed by atoms with Crippen LogP contribution in [-0.2, 0) is 6.42 Å². The van der Waals surface area contributed by atoms with Gasteiger partial charge in [-0.25, -0.2) is 0 Å². The van der Waals surface area contributed by atoms with Crippen LogP contribution in [0.5, 0.6) is 5.75 Å². The highest BCUT2D eigenvalue weighted by molar-refractivity contribution is 5.48. The highest BCUT2D eigenvalue weighted by Gasteiger charge is 2.12. The molecule has 1 atom stereocenters. The van der Waals surface area contributed by atoms with Crippen LogP contribution in [0.3, 0.4) is 0 Å². The van der Waals surface area contributed by atoms with Crippen LogP contribution in [0.2, 0.25) is 0 Å². The van der Waals surface area contributed by atoms with Gasteiger partial charge in [0.15, 0.2) is 0 Å². The number of ether oxygens (including phenoxy) is 1. The summed E-state index contributed by atoms with van der Waals surface area (Å²) in [5, 5.41) is 0. The van der Waals surface area contributed by atoms with Crippen molar-refractivity contribution in [1.82, 2.24) is 0 Å². The Morgan fingerprint density at radius 3 is 2.47 bits per heavy atom. The molecule has 1 heteroatoms. The predicted molar refractivity (Wildman–Crippen MR) is 84.1 cm³/mol. The number of hydrogen-bond donors (Lipinski definition) is 0. The molecule has 1 unspecified atom stereocenters. The van der Waals surface area contributed by atoms with E-state index < -0.39 is 0 Å². The minimum atomic E-state index is 0.587. The van der Waals surface area contributed by atoms with Gasteiger partial charge >= 0.3 is 0 Å². The first-order valence-corrected chi connectivity index (χ1v) is 7.36. The van der Waals surface area contributed by atoms with Gasteiger partial charge in [-0.05, 0) is 74.8 Å². The summed E-state index contributed by atoms with van der Waals surface area (Å²) in [5.74, 6) is 1.64. The lowest BCUT2D eigenvalue weighted by Gasteiger charge is -2.18. The first-order valence-electron chi connectivity index (χ1n) is 7.36. The fourth-order valence-corrected chi connectivity index (χ4v) is 2.49. The molecule has 0 bridgehead atoms. The van der Waals surface area contributed by atoms with Crippen molar-refractivity contribution in [3.8, 4) is 5.75 Å². The third-order valence-corrected chi connectivity index (χ3v) is 3.72. The largest absolute Gasteiger partial charge is 0.493 e. The Bertz CT molecular complexity index is 443. The van der Waals surface area contributed by atoms with E-state index in [4.69, 9.17) is 4.74 Å². The summed E-state index contributed by atoms with van der Waals surface area (Å²) in [6.45, 7) is 13.9. The summed E-state index contributed by atoms with van der Waals surface area (Å²) in [4.78, 5) is 0. The molecule has 1 rings (SSSR count). The van der Waals surface area contributed by atoms with Crippen molar-refractivity contribution in [3.63, 3.8) is 0 Å². The molecule has 0 radical (unpaired) electrons. The molecule has 1 aromatic rings. The normalized spacial score (nSPS) is 12.9. The number of rotatable bonds is 6. The van der Waals surface area contributed by atoms with E-state index in [-0.39, 0.29) is 0 Å². The van der Waals surface area contributed by atoms with Gasteiger partial charge < -0.3 is 4.74 Å². The molecule has 0 aliphatic carbocycles. The molecule has 1 aromatic carbocycles. The molecule has 0 aliphatic rings. The van der Waals surface area contributed by atoms with E-state index in [1.807, 2.05) is 0 Å². The Balaban J connectivity index is 3.04. The standard InChI is InChI=1S/C18H28O/c1-7-9-13(3)11-17-14(4)12-18(19-10-8-2)16(6)15(17)5/h7,9,12-13H,8,10-11H2,1-6H3/b9-7-. The van der Waals surface area contributed by atoms with E-state index in [0.717, 1.165) is 25.2 Å². The van der Waals surface area contributed by atoms with Crippen LogP contribution < -0.4 is 4.74 Å². The molecule has 0 saturated heterocycles. The Morgan fingerprint density at radius 1 is 1.21 bits per heavy atom. The van der Waals surface area contributed by atoms with Crippen LogP contribution in [0, 0.1) is 26.7 Å². The fourth-order valence-electron chi connectivity index (χ4n) is 2.49. The van der Waals surface area contributed by atoms with E-state index in [1.54, 1.807) is 0 Å². The second-order valence-corrected chi connectivity index (χ2v) is 5.48. The van der Waals surface area contributed by atoms with Gasteiger partial charge in [0.25, 0.3) is 0 Å². The molecule has 0 N–H and O–H groups in total. The topological polar surface area (TPSA) is 9.23 Å². The summed E-state index contributed by atoms with van der Waals surface area (Å²) in [6, 6.07) is 2.20. The molecule has 106 valence electrons. The minimum absolute atomic E-state index is 0.587. The van der Waals surface area contributed by atoms with Crippen LogP contribution in [0.25, 0.3) is 0 Å². The Hall–Kier alpha value is -1.24. The first kappa shape index (κ1) is 15.8. The Labute approximate surface area is 118 Å². The number of hydrogen-bond acceptors (Lipinski definition) is 1. The summed E-state index contributed by atoms with van der Waals surface area (Å²) >= 11 is 0. The van der Waals surface area contributed by atoms with E-state index in [2.05, 4.69) is 59.8 Å². The molecule has 0 aromatic heterocycles. The zero-order chi connectivity index (χ0) is 14.4. The van der Waals surface area contributed by atoms with Crippen LogP contribution >= 0.6 is 0 Å². The van der Waals surface area contributed by atoms with Gasteiger partial charge in [0.05, 0.1) is 6.61 Å². The second kappa shape index (κ2) is 7.37. The lowest BCUT2D eigenvalue weighted by atomic mass is 9.90. The molecule has 0 fully saturated rings. The molecule has 0 saturated carbocycles. The van der Waals surface area contributed by atoms with Crippen LogP contribution in [0.15, 0.2) is 18.2 Å². The van der Waals surface area contributed by atoms with Gasteiger partial charge in [0.2, 0.25) is 0 Å². The summed E-state index contributed by atoms with van der Waals surface area (Å²) < 4.78 is 5.84. The van der Waals surface area contributed by atoms with Gasteiger partial charge in [-0.2, -0.15) is 0 Å². The van der Waals surface area contributed by atoms with Crippen LogP contribution in [0.4, 0.5) is 0 Å². The van der Waals surface area contributed by atoms with Crippen molar-refractivity contribution < 1.29 is 4.74 Å². The van der Waals surface area contributed by atoms with E-state index in [1.165, 1.54) is 22.3 Å². The lowest BCUT2D eigenvalue weighted by Crippen LogP contribution is -2.05. The summed E-state index contributed by atoms with van der Waals surface area (Å²) in [5.41, 5.74) is 5.52. The van der Waals surface area contributed by atoms with Crippen molar-refractivity contribution in [2.45, 2.75) is 54.4 Å². The van der Waals surface area contributed by atoms with Crippen molar-refractivity contribution in [1.29, 1.82) is 0 Å². The van der Waals surface area contributed by atoms with Gasteiger partial charge in [-0.3, -0.25) is 0 Å². The number of allylic oxidation sites excluding steroid dienone is 2. The average Bonchev–Trinajstić information content (AvgIpc) is 2.37. The second-order valence-electron chi connectivity index (χ2n) is 5.48. The molecule has 0 spiro atoms. The minimum Gasteiger partial charge on any atom is -0.493 e. The number of benzene rings is 1. The number of aryl methyl sites for hydroxylation is 1. The molecular weight excluding hydrogens is 232 g/mol. The predicted octanol–water partition coefficient (Wildman–Crippen LogP) is 5.16. The zero-order valence-corrected chi connectivity index (χ0v) is 13.3. The third-order valence-electron chi connectivity index (χ3n) is 3.72. The maximum Gasteiger partial charge on any atom is 0.122 e. The molecular formula is C18H28O. The monoisotopic (exact) mass is 260 g/mol. The van der Waals surface area contributed by atoms with Crippen LogP contribution in [0.1, 0.15) is 49.4 Å². The lowest BCUT2D eigenvalue weighted by molar-refractivity contribution is 0.314. The van der Waals surface area contributed by atoms with Gasteiger partial charge in [-0.15, -0.1) is 0 Å². The third kappa shape index (κ3) is 4.12. The highest BCUT2D eigenvalue weighted by Crippen LogP contribution is 2.29. The van der Waals surface area contributed by atoms with Crippen molar-refractivity contribution in [2.24, 2.45) is 5.92 Å². The first-order chi connectivity index (χ1) is 9.01. The molecule has 0 aliphatic heterocycles. The maximum absolute atomic E-state index is 5.84. The summed E-state index contributed by atoms with van der Waals surface area (Å²) in [6.07, 6.45) is 6.57. The fraction of sp³-hybridized carbons (Fsp3) is 0.556. The SMILES string of the molecule is C/C=C\C(C)Cc1c(C)cc(OCCC)c(C)c1C. The molecule has 0 amide bonds. The quantitative estimate of drug-likeness (QED) is 0.642. The Kier molecular flexibility index (Phi) is 6.14. The smallest absolute Gasteiger partial charge is 0.122 e. The average molecular weight is 260 g/mol. The summed E-state index contributed by atoms with van der Waals surface area (Å²) in [7, 11) is 0. The highest BCUT2D eigenvalue weighted by atomic mass is 16.5. The van der Waals surface area contributed by atoms with E-state index in [0.29, 0.717) is 5.92 Å². The molecule has 1 nitrogen and oxygen atoms in total. The van der Waals surface area contributed by atoms with Crippen molar-refractivity contribution >= 4 is 0 Å². The van der Waals surface area contributed by atoms with Crippen molar-refractivity contribution in [3.05, 3.63) is 40.5 Å². The molecule has 0 heterocycles.